The lowest BCUT2D eigenvalue weighted by molar-refractivity contribution is 0.668. The smallest absolute Gasteiger partial charge is 0.135 e. The molecule has 312 valence electrons. The largest absolute Gasteiger partial charge is 0.456 e. The monoisotopic (exact) mass is 855 g/mol. The molecular weight excluding hydrogens is 819 g/mol. The molecule has 0 spiro atoms. The van der Waals surface area contributed by atoms with Gasteiger partial charge >= 0.3 is 0 Å². The van der Waals surface area contributed by atoms with E-state index in [1.54, 1.807) is 0 Å². The number of para-hydroxylation sites is 5. The number of anilines is 6. The molecule has 0 saturated heterocycles. The van der Waals surface area contributed by atoms with E-state index < -0.39 is 0 Å². The molecule has 0 aliphatic rings. The topological polar surface area (TPSA) is 37.2 Å². The molecule has 0 saturated carbocycles. The minimum atomic E-state index is 0.888. The first-order valence-corrected chi connectivity index (χ1v) is 22.8. The van der Waals surface area contributed by atoms with Crippen molar-refractivity contribution < 1.29 is 8.83 Å². The number of rotatable bonds is 6. The van der Waals surface area contributed by atoms with Gasteiger partial charge in [-0.3, -0.25) is 0 Å². The molecule has 0 radical (unpaired) electrons. The van der Waals surface area contributed by atoms with Crippen molar-refractivity contribution in [2.75, 3.05) is 9.80 Å². The zero-order valence-electron chi connectivity index (χ0n) is 36.0. The van der Waals surface area contributed by atoms with Gasteiger partial charge in [0.1, 0.15) is 22.3 Å². The number of benzene rings is 11. The molecule has 15 rings (SSSR count). The summed E-state index contributed by atoms with van der Waals surface area (Å²) >= 11 is 0. The second-order valence-electron chi connectivity index (χ2n) is 17.7. The zero-order chi connectivity index (χ0) is 43.7. The molecule has 0 aliphatic carbocycles. The van der Waals surface area contributed by atoms with Crippen molar-refractivity contribution in [2.24, 2.45) is 0 Å². The van der Waals surface area contributed by atoms with Crippen LogP contribution in [0.3, 0.4) is 0 Å². The molecule has 5 nitrogen and oxygen atoms in total. The number of aromatic nitrogens is 1. The second kappa shape index (κ2) is 13.7. The van der Waals surface area contributed by atoms with Crippen LogP contribution in [-0.4, -0.2) is 4.40 Å². The van der Waals surface area contributed by atoms with Crippen LogP contribution in [-0.2, 0) is 0 Å². The third-order valence-corrected chi connectivity index (χ3v) is 14.0. The minimum absolute atomic E-state index is 0.888. The van der Waals surface area contributed by atoms with Gasteiger partial charge in [0.15, 0.2) is 0 Å². The van der Waals surface area contributed by atoms with Crippen molar-refractivity contribution in [3.05, 3.63) is 224 Å². The number of hydrogen-bond acceptors (Lipinski definition) is 4. The number of furan rings is 2. The van der Waals surface area contributed by atoms with Crippen LogP contribution in [0, 0.1) is 0 Å². The fraction of sp³-hybridized carbons (Fsp3) is 0. The van der Waals surface area contributed by atoms with E-state index in [1.807, 2.05) is 24.3 Å². The van der Waals surface area contributed by atoms with Gasteiger partial charge in [-0.05, 0) is 143 Å². The number of fused-ring (bicyclic) bond motifs is 14. The Morgan fingerprint density at radius 1 is 0.254 bits per heavy atom. The predicted octanol–water partition coefficient (Wildman–Crippen LogP) is 17.9. The molecule has 15 aromatic rings. The molecule has 5 heteroatoms. The van der Waals surface area contributed by atoms with Crippen LogP contribution in [0.2, 0.25) is 0 Å². The molecule has 4 heterocycles. The van der Waals surface area contributed by atoms with Crippen molar-refractivity contribution in [3.63, 3.8) is 0 Å². The van der Waals surface area contributed by atoms with Gasteiger partial charge in [-0.1, -0.05) is 103 Å². The van der Waals surface area contributed by atoms with Crippen LogP contribution in [0.15, 0.2) is 233 Å². The molecule has 0 bridgehead atoms. The van der Waals surface area contributed by atoms with E-state index in [4.69, 9.17) is 8.83 Å². The van der Waals surface area contributed by atoms with Gasteiger partial charge in [0, 0.05) is 77.2 Å². The van der Waals surface area contributed by atoms with Gasteiger partial charge in [-0.15, -0.1) is 0 Å². The van der Waals surface area contributed by atoms with Crippen LogP contribution in [0.4, 0.5) is 34.1 Å². The lowest BCUT2D eigenvalue weighted by Gasteiger charge is -2.26. The molecule has 0 unspecified atom stereocenters. The average molecular weight is 856 g/mol. The third kappa shape index (κ3) is 5.37. The highest BCUT2D eigenvalue weighted by molar-refractivity contribution is 6.26. The lowest BCUT2D eigenvalue weighted by Crippen LogP contribution is -2.09. The summed E-state index contributed by atoms with van der Waals surface area (Å²) in [6, 6.07) is 81.0. The quantitative estimate of drug-likeness (QED) is 0.167. The van der Waals surface area contributed by atoms with E-state index in [-0.39, 0.29) is 0 Å². The maximum atomic E-state index is 6.23. The zero-order valence-corrected chi connectivity index (χ0v) is 36.0. The summed E-state index contributed by atoms with van der Waals surface area (Å²) in [7, 11) is 0. The van der Waals surface area contributed by atoms with Gasteiger partial charge in [0.25, 0.3) is 0 Å². The average Bonchev–Trinajstić information content (AvgIpc) is 4.13. The molecule has 0 fully saturated rings. The maximum absolute atomic E-state index is 6.23. The molecule has 0 atom stereocenters. The Morgan fingerprint density at radius 3 is 1.15 bits per heavy atom. The minimum Gasteiger partial charge on any atom is -0.456 e. The van der Waals surface area contributed by atoms with E-state index in [0.29, 0.717) is 0 Å². The maximum Gasteiger partial charge on any atom is 0.135 e. The Labute approximate surface area is 383 Å². The van der Waals surface area contributed by atoms with Crippen LogP contribution < -0.4 is 9.80 Å². The van der Waals surface area contributed by atoms with Gasteiger partial charge in [-0.2, -0.15) is 0 Å². The highest BCUT2D eigenvalue weighted by atomic mass is 16.3. The first kappa shape index (κ1) is 36.3. The van der Waals surface area contributed by atoms with Crippen LogP contribution >= 0.6 is 0 Å². The van der Waals surface area contributed by atoms with Crippen LogP contribution in [0.1, 0.15) is 0 Å². The molecule has 11 aromatic carbocycles. The fourth-order valence-corrected chi connectivity index (χ4v) is 11.0. The third-order valence-electron chi connectivity index (χ3n) is 14.0. The standard InChI is InChI=1S/C62H37N3O2/c1-3-12-42(13-4-1)63(46-26-28-60-54(36-46)48-16-7-9-20-58(48)66-60)44-24-22-38-34-56-52(32-40(38)30-44)50-18-11-19-51-53-33-41-31-45(25-23-39(41)35-57(53)65(56)62(50)51)64(43-14-5-2-6-15-43)47-27-29-61-55(37-47)49-17-8-10-21-59(49)67-61/h1-37H. The molecule has 0 N–H and O–H groups in total. The summed E-state index contributed by atoms with van der Waals surface area (Å²) in [5.41, 5.74) is 13.8. The summed E-state index contributed by atoms with van der Waals surface area (Å²) in [5, 5.41) is 14.3. The van der Waals surface area contributed by atoms with E-state index in [2.05, 4.69) is 214 Å². The predicted molar refractivity (Wildman–Crippen MR) is 280 cm³/mol. The van der Waals surface area contributed by atoms with Crippen molar-refractivity contribution in [2.45, 2.75) is 0 Å². The van der Waals surface area contributed by atoms with Gasteiger partial charge in [0.05, 0.1) is 16.6 Å². The van der Waals surface area contributed by atoms with Crippen molar-refractivity contribution >= 4 is 138 Å². The van der Waals surface area contributed by atoms with Crippen molar-refractivity contribution in [1.29, 1.82) is 0 Å². The Kier molecular flexibility index (Phi) is 7.44. The fourth-order valence-electron chi connectivity index (χ4n) is 11.0. The normalized spacial score (nSPS) is 12.2. The summed E-state index contributed by atoms with van der Waals surface area (Å²) in [4.78, 5) is 4.70. The first-order valence-electron chi connectivity index (χ1n) is 22.8. The van der Waals surface area contributed by atoms with E-state index in [0.717, 1.165) is 78.0 Å². The summed E-state index contributed by atoms with van der Waals surface area (Å²) < 4.78 is 15.0. The molecule has 67 heavy (non-hydrogen) atoms. The highest BCUT2D eigenvalue weighted by Gasteiger charge is 2.22. The second-order valence-corrected chi connectivity index (χ2v) is 17.7. The number of hydrogen-bond donors (Lipinski definition) is 0. The van der Waals surface area contributed by atoms with Gasteiger partial charge in [0.2, 0.25) is 0 Å². The van der Waals surface area contributed by atoms with Crippen LogP contribution in [0.25, 0.3) is 104 Å². The summed E-state index contributed by atoms with van der Waals surface area (Å²) in [6.45, 7) is 0. The van der Waals surface area contributed by atoms with Crippen molar-refractivity contribution in [1.82, 2.24) is 4.40 Å². The van der Waals surface area contributed by atoms with Crippen molar-refractivity contribution in [3.8, 4) is 0 Å². The van der Waals surface area contributed by atoms with Crippen LogP contribution in [0.5, 0.6) is 0 Å². The Morgan fingerprint density at radius 2 is 0.657 bits per heavy atom. The van der Waals surface area contributed by atoms with E-state index >= 15 is 0 Å². The van der Waals surface area contributed by atoms with E-state index in [9.17, 15) is 0 Å². The van der Waals surface area contributed by atoms with E-state index in [1.165, 1.54) is 59.6 Å². The molecule has 0 aliphatic heterocycles. The molecule has 4 aromatic heterocycles. The Hall–Kier alpha value is -9.06. The highest BCUT2D eigenvalue weighted by Crippen LogP contribution is 2.45. The Balaban J connectivity index is 0.876. The summed E-state index contributed by atoms with van der Waals surface area (Å²) in [5.74, 6) is 0. The molecular formula is C62H37N3O2. The first-order chi connectivity index (χ1) is 33.2. The number of nitrogens with zero attached hydrogens (tertiary/aromatic N) is 3. The molecule has 0 amide bonds. The van der Waals surface area contributed by atoms with Gasteiger partial charge < -0.3 is 23.0 Å². The SMILES string of the molecule is c1ccc(N(c2ccc3cc4c(cc3c2)c2cccc3c5cc6cc(N(c7ccccc7)c7ccc8oc9ccccc9c8c7)ccc6cc5n4c23)c2ccc3oc4ccccc4c3c2)cc1. The lowest BCUT2D eigenvalue weighted by atomic mass is 10.0. The van der Waals surface area contributed by atoms with Gasteiger partial charge in [-0.25, -0.2) is 0 Å². The summed E-state index contributed by atoms with van der Waals surface area (Å²) in [6.07, 6.45) is 0. The Bertz CT molecular complexity index is 4190.